The molecule has 0 saturated carbocycles. The summed E-state index contributed by atoms with van der Waals surface area (Å²) >= 11 is 0. The Morgan fingerprint density at radius 2 is 1.69 bits per heavy atom. The Kier molecular flexibility index (Phi) is 6.36. The number of hydrogen-bond acceptors (Lipinski definition) is 4. The van der Waals surface area contributed by atoms with Gasteiger partial charge in [-0.25, -0.2) is 0 Å². The molecule has 0 spiro atoms. The fraction of sp³-hybridized carbons (Fsp3) is 0.600. The Morgan fingerprint density at radius 3 is 2.50 bits per heavy atom. The number of unbranched alkanes of at least 4 members (excludes halogenated alkanes) is 1. The molecule has 1 fully saturated rings. The highest BCUT2D eigenvalue weighted by molar-refractivity contribution is 5.95. The predicted molar refractivity (Wildman–Crippen MR) is 98.7 cm³/mol. The highest BCUT2D eigenvalue weighted by Gasteiger charge is 2.23. The number of nitrogens with zero attached hydrogens (tertiary/aromatic N) is 2. The molecule has 0 aliphatic carbocycles. The Hall–Kier alpha value is -2.24. The summed E-state index contributed by atoms with van der Waals surface area (Å²) in [4.78, 5) is 28.9. The number of carbonyl (C=O) groups is 2. The van der Waals surface area contributed by atoms with Crippen molar-refractivity contribution in [1.82, 2.24) is 9.80 Å². The number of rotatable bonds is 4. The van der Waals surface area contributed by atoms with E-state index in [4.69, 9.17) is 9.47 Å². The number of carbonyl (C=O) groups excluding carboxylic acids is 2. The largest absolute Gasteiger partial charge is 0.490 e. The lowest BCUT2D eigenvalue weighted by Gasteiger charge is -2.22. The minimum atomic E-state index is -0.0106. The van der Waals surface area contributed by atoms with Gasteiger partial charge in [-0.2, -0.15) is 0 Å². The summed E-state index contributed by atoms with van der Waals surface area (Å²) < 4.78 is 11.3. The van der Waals surface area contributed by atoms with Crippen LogP contribution in [0.5, 0.6) is 11.5 Å². The van der Waals surface area contributed by atoms with Crippen LogP contribution >= 0.6 is 0 Å². The zero-order valence-corrected chi connectivity index (χ0v) is 15.5. The van der Waals surface area contributed by atoms with Gasteiger partial charge < -0.3 is 19.3 Å². The molecule has 142 valence electrons. The molecule has 2 aliphatic heterocycles. The van der Waals surface area contributed by atoms with Crippen LogP contribution in [0.1, 0.15) is 49.4 Å². The van der Waals surface area contributed by atoms with Crippen molar-refractivity contribution in [2.75, 3.05) is 39.4 Å². The number of benzene rings is 1. The molecule has 26 heavy (non-hydrogen) atoms. The quantitative estimate of drug-likeness (QED) is 0.828. The summed E-state index contributed by atoms with van der Waals surface area (Å²) in [6, 6.07) is 5.38. The van der Waals surface area contributed by atoms with E-state index in [-0.39, 0.29) is 11.8 Å². The zero-order chi connectivity index (χ0) is 18.4. The van der Waals surface area contributed by atoms with E-state index in [0.717, 1.165) is 32.2 Å². The molecule has 6 heteroatoms. The van der Waals surface area contributed by atoms with Crippen molar-refractivity contribution in [3.05, 3.63) is 23.8 Å². The van der Waals surface area contributed by atoms with Gasteiger partial charge in [0.25, 0.3) is 5.91 Å². The number of hydrogen-bond donors (Lipinski definition) is 0. The third-order valence-electron chi connectivity index (χ3n) is 4.87. The number of amides is 2. The van der Waals surface area contributed by atoms with Gasteiger partial charge in [0.1, 0.15) is 0 Å². The molecule has 0 aromatic heterocycles. The second kappa shape index (κ2) is 8.92. The summed E-state index contributed by atoms with van der Waals surface area (Å²) in [5.41, 5.74) is 0.611. The van der Waals surface area contributed by atoms with Gasteiger partial charge in [0.15, 0.2) is 11.5 Å². The van der Waals surface area contributed by atoms with Crippen molar-refractivity contribution < 1.29 is 19.1 Å². The molecule has 6 nitrogen and oxygen atoms in total. The summed E-state index contributed by atoms with van der Waals surface area (Å²) in [6.45, 7) is 5.91. The first-order chi connectivity index (χ1) is 12.7. The molecule has 2 heterocycles. The first kappa shape index (κ1) is 18.5. The van der Waals surface area contributed by atoms with Crippen molar-refractivity contribution in [2.45, 2.75) is 39.0 Å². The molecular weight excluding hydrogens is 332 g/mol. The molecule has 1 aromatic carbocycles. The fourth-order valence-electron chi connectivity index (χ4n) is 3.33. The van der Waals surface area contributed by atoms with E-state index in [1.807, 2.05) is 15.9 Å². The van der Waals surface area contributed by atoms with E-state index in [9.17, 15) is 9.59 Å². The van der Waals surface area contributed by atoms with Crippen LogP contribution < -0.4 is 9.47 Å². The lowest BCUT2D eigenvalue weighted by molar-refractivity contribution is -0.131. The minimum Gasteiger partial charge on any atom is -0.490 e. The van der Waals surface area contributed by atoms with Crippen LogP contribution in [-0.2, 0) is 4.79 Å². The molecule has 2 aliphatic rings. The van der Waals surface area contributed by atoms with E-state index in [2.05, 4.69) is 6.92 Å². The van der Waals surface area contributed by atoms with Crippen LogP contribution in [-0.4, -0.2) is 61.0 Å². The van der Waals surface area contributed by atoms with Crippen LogP contribution in [0.15, 0.2) is 18.2 Å². The van der Waals surface area contributed by atoms with Crippen LogP contribution in [0.2, 0.25) is 0 Å². The molecular formula is C20H28N2O4. The van der Waals surface area contributed by atoms with Crippen molar-refractivity contribution in [1.29, 1.82) is 0 Å². The van der Waals surface area contributed by atoms with Gasteiger partial charge in [0, 0.05) is 44.6 Å². The standard InChI is InChI=1S/C20H28N2O4/c1-2-3-6-19(23)21-9-4-10-22(12-11-21)20(24)16-7-8-17-18(15-16)26-14-5-13-25-17/h7-8,15H,2-6,9-14H2,1H3. The molecule has 2 amide bonds. The Labute approximate surface area is 155 Å². The molecule has 3 rings (SSSR count). The van der Waals surface area contributed by atoms with Crippen molar-refractivity contribution in [3.8, 4) is 11.5 Å². The van der Waals surface area contributed by atoms with Gasteiger partial charge in [0.05, 0.1) is 13.2 Å². The summed E-state index contributed by atoms with van der Waals surface area (Å²) in [5.74, 6) is 1.53. The predicted octanol–water partition coefficient (Wildman–Crippen LogP) is 2.71. The lowest BCUT2D eigenvalue weighted by Crippen LogP contribution is -2.37. The van der Waals surface area contributed by atoms with Gasteiger partial charge in [-0.05, 0) is 31.0 Å². The lowest BCUT2D eigenvalue weighted by atomic mass is 10.1. The van der Waals surface area contributed by atoms with Crippen LogP contribution in [0.3, 0.4) is 0 Å². The summed E-state index contributed by atoms with van der Waals surface area (Å²) in [6.07, 6.45) is 4.20. The average Bonchev–Trinajstić information content (AvgIpc) is 3.05. The van der Waals surface area contributed by atoms with E-state index < -0.39 is 0 Å². The molecule has 0 bridgehead atoms. The third-order valence-corrected chi connectivity index (χ3v) is 4.87. The number of ether oxygens (including phenoxy) is 2. The Bertz CT molecular complexity index is 647. The summed E-state index contributed by atoms with van der Waals surface area (Å²) in [7, 11) is 0. The van der Waals surface area contributed by atoms with E-state index in [1.54, 1.807) is 12.1 Å². The maximum absolute atomic E-state index is 12.9. The Balaban J connectivity index is 1.63. The second-order valence-corrected chi connectivity index (χ2v) is 6.84. The van der Waals surface area contributed by atoms with Gasteiger partial charge in [-0.3, -0.25) is 9.59 Å². The number of fused-ring (bicyclic) bond motifs is 1. The highest BCUT2D eigenvalue weighted by atomic mass is 16.5. The smallest absolute Gasteiger partial charge is 0.254 e. The van der Waals surface area contributed by atoms with Gasteiger partial charge in [0.2, 0.25) is 5.91 Å². The van der Waals surface area contributed by atoms with Gasteiger partial charge in [-0.15, -0.1) is 0 Å². The van der Waals surface area contributed by atoms with Crippen LogP contribution in [0.25, 0.3) is 0 Å². The first-order valence-electron chi connectivity index (χ1n) is 9.65. The first-order valence-corrected chi connectivity index (χ1v) is 9.65. The topological polar surface area (TPSA) is 59.1 Å². The van der Waals surface area contributed by atoms with Crippen molar-refractivity contribution in [3.63, 3.8) is 0 Å². The SMILES string of the molecule is CCCCC(=O)N1CCCN(C(=O)c2ccc3c(c2)OCCCO3)CC1. The second-order valence-electron chi connectivity index (χ2n) is 6.84. The monoisotopic (exact) mass is 360 g/mol. The highest BCUT2D eigenvalue weighted by Crippen LogP contribution is 2.30. The molecule has 0 atom stereocenters. The average molecular weight is 360 g/mol. The zero-order valence-electron chi connectivity index (χ0n) is 15.5. The maximum Gasteiger partial charge on any atom is 0.254 e. The van der Waals surface area contributed by atoms with Crippen LogP contribution in [0, 0.1) is 0 Å². The molecule has 1 aromatic rings. The Morgan fingerprint density at radius 1 is 0.962 bits per heavy atom. The van der Waals surface area contributed by atoms with E-state index in [0.29, 0.717) is 56.3 Å². The summed E-state index contributed by atoms with van der Waals surface area (Å²) in [5, 5.41) is 0. The minimum absolute atomic E-state index is 0.0106. The molecule has 0 N–H and O–H groups in total. The van der Waals surface area contributed by atoms with Crippen molar-refractivity contribution >= 4 is 11.8 Å². The molecule has 0 radical (unpaired) electrons. The maximum atomic E-state index is 12.9. The molecule has 0 unspecified atom stereocenters. The van der Waals surface area contributed by atoms with E-state index >= 15 is 0 Å². The molecule has 1 saturated heterocycles. The third kappa shape index (κ3) is 4.48. The van der Waals surface area contributed by atoms with Gasteiger partial charge >= 0.3 is 0 Å². The van der Waals surface area contributed by atoms with Crippen molar-refractivity contribution in [2.24, 2.45) is 0 Å². The van der Waals surface area contributed by atoms with E-state index in [1.165, 1.54) is 0 Å². The fourth-order valence-corrected chi connectivity index (χ4v) is 3.33. The van der Waals surface area contributed by atoms with Gasteiger partial charge in [-0.1, -0.05) is 13.3 Å². The normalized spacial score (nSPS) is 17.4. The van der Waals surface area contributed by atoms with Crippen LogP contribution in [0.4, 0.5) is 0 Å².